The van der Waals surface area contributed by atoms with Gasteiger partial charge in [-0.15, -0.1) is 0 Å². The van der Waals surface area contributed by atoms with Crippen molar-refractivity contribution in [2.75, 3.05) is 88.9 Å². The van der Waals surface area contributed by atoms with Crippen LogP contribution in [0.3, 0.4) is 0 Å². The van der Waals surface area contributed by atoms with Crippen molar-refractivity contribution < 1.29 is 19.1 Å². The predicted molar refractivity (Wildman–Crippen MR) is 146 cm³/mol. The van der Waals surface area contributed by atoms with Gasteiger partial charge < -0.3 is 35.0 Å². The molecule has 3 aliphatic heterocycles. The second-order valence-corrected chi connectivity index (χ2v) is 10.0. The summed E-state index contributed by atoms with van der Waals surface area (Å²) < 4.78 is 5.37. The molecule has 3 saturated heterocycles. The summed E-state index contributed by atoms with van der Waals surface area (Å²) in [6.07, 6.45) is 0. The number of piperazine rings is 2. The Kier molecular flexibility index (Phi) is 8.31. The Labute approximate surface area is 227 Å². The lowest BCUT2D eigenvalue weighted by molar-refractivity contribution is 0.0428. The van der Waals surface area contributed by atoms with Crippen molar-refractivity contribution in [1.29, 1.82) is 0 Å². The molecule has 2 aromatic rings. The maximum Gasteiger partial charge on any atom is 0.320 e. The monoisotopic (exact) mass is 540 g/mol. The Morgan fingerprint density at radius 1 is 0.789 bits per heavy atom. The first-order valence-corrected chi connectivity index (χ1v) is 13.4. The van der Waals surface area contributed by atoms with Crippen molar-refractivity contribution in [3.8, 4) is 0 Å². The van der Waals surface area contributed by atoms with Gasteiger partial charge in [-0.05, 0) is 36.4 Å². The molecule has 2 N–H and O–H groups in total. The minimum absolute atomic E-state index is 0.0411. The first-order chi connectivity index (χ1) is 18.5. The summed E-state index contributed by atoms with van der Waals surface area (Å²) in [5.74, 6) is -0.362. The third-order valence-corrected chi connectivity index (χ3v) is 7.39. The molecular weight excluding hydrogens is 508 g/mol. The van der Waals surface area contributed by atoms with Crippen molar-refractivity contribution >= 4 is 40.8 Å². The van der Waals surface area contributed by atoms with Gasteiger partial charge in [-0.3, -0.25) is 9.59 Å². The van der Waals surface area contributed by atoms with Crippen LogP contribution in [-0.2, 0) is 4.74 Å². The summed E-state index contributed by atoms with van der Waals surface area (Å²) in [5.41, 5.74) is 2.33. The van der Waals surface area contributed by atoms with Gasteiger partial charge in [0.1, 0.15) is 0 Å². The van der Waals surface area contributed by atoms with E-state index < -0.39 is 0 Å². The van der Waals surface area contributed by atoms with Gasteiger partial charge in [0.15, 0.2) is 0 Å². The number of halogens is 1. The fourth-order valence-corrected chi connectivity index (χ4v) is 5.20. The molecule has 38 heavy (non-hydrogen) atoms. The molecular formula is C27H33ClN6O4. The Morgan fingerprint density at radius 2 is 1.50 bits per heavy atom. The molecule has 3 aliphatic rings. The average Bonchev–Trinajstić information content (AvgIpc) is 2.97. The van der Waals surface area contributed by atoms with Gasteiger partial charge in [-0.25, -0.2) is 4.79 Å². The number of carbonyl (C=O) groups is 3. The molecule has 0 atom stereocenters. The van der Waals surface area contributed by atoms with E-state index in [9.17, 15) is 14.4 Å². The van der Waals surface area contributed by atoms with Crippen LogP contribution in [0.25, 0.3) is 0 Å². The number of rotatable bonds is 4. The summed E-state index contributed by atoms with van der Waals surface area (Å²) in [5, 5.41) is 6.74. The highest BCUT2D eigenvalue weighted by molar-refractivity contribution is 6.31. The van der Waals surface area contributed by atoms with Gasteiger partial charge in [0.25, 0.3) is 11.8 Å². The number of morpholine rings is 1. The predicted octanol–water partition coefficient (Wildman–Crippen LogP) is 2.21. The number of nitrogens with one attached hydrogen (secondary N) is 2. The Balaban J connectivity index is 1.35. The highest BCUT2D eigenvalue weighted by Crippen LogP contribution is 2.30. The minimum atomic E-state index is -0.304. The molecule has 0 unspecified atom stereocenters. The van der Waals surface area contributed by atoms with Crippen LogP contribution >= 0.6 is 11.6 Å². The molecule has 3 fully saturated rings. The first kappa shape index (κ1) is 26.3. The molecule has 0 spiro atoms. The number of amides is 4. The molecule has 0 bridgehead atoms. The Morgan fingerprint density at radius 3 is 2.21 bits per heavy atom. The molecule has 3 heterocycles. The van der Waals surface area contributed by atoms with Crippen LogP contribution in [0.4, 0.5) is 16.2 Å². The van der Waals surface area contributed by atoms with Gasteiger partial charge in [-0.2, -0.15) is 0 Å². The molecule has 2 aromatic carbocycles. The van der Waals surface area contributed by atoms with Gasteiger partial charge in [0.05, 0.1) is 24.6 Å². The highest BCUT2D eigenvalue weighted by Gasteiger charge is 2.28. The number of ether oxygens (including phenoxy) is 1. The molecule has 0 radical (unpaired) electrons. The molecule has 4 amide bonds. The fraction of sp³-hybridized carbons (Fsp3) is 0.444. The lowest BCUT2D eigenvalue weighted by Crippen LogP contribution is -2.55. The van der Waals surface area contributed by atoms with Gasteiger partial charge in [0, 0.05) is 81.6 Å². The molecule has 0 aliphatic carbocycles. The maximum atomic E-state index is 13.2. The third kappa shape index (κ3) is 6.03. The van der Waals surface area contributed by atoms with Gasteiger partial charge in [0.2, 0.25) is 0 Å². The largest absolute Gasteiger partial charge is 0.378 e. The van der Waals surface area contributed by atoms with Crippen molar-refractivity contribution in [1.82, 2.24) is 20.0 Å². The van der Waals surface area contributed by atoms with Crippen LogP contribution in [0, 0.1) is 0 Å². The normalized spacial score (nSPS) is 18.3. The van der Waals surface area contributed by atoms with E-state index in [2.05, 4.69) is 15.5 Å². The van der Waals surface area contributed by atoms with Crippen molar-refractivity contribution in [3.05, 3.63) is 58.6 Å². The summed E-state index contributed by atoms with van der Waals surface area (Å²) in [6.45, 7) is 7.53. The first-order valence-electron chi connectivity index (χ1n) is 13.1. The van der Waals surface area contributed by atoms with Gasteiger partial charge in [-0.1, -0.05) is 17.7 Å². The van der Waals surface area contributed by atoms with Gasteiger partial charge >= 0.3 is 6.03 Å². The fourth-order valence-electron chi connectivity index (χ4n) is 5.01. The third-order valence-electron chi connectivity index (χ3n) is 7.16. The quantitative estimate of drug-likeness (QED) is 0.617. The van der Waals surface area contributed by atoms with Crippen LogP contribution < -0.4 is 15.5 Å². The van der Waals surface area contributed by atoms with E-state index in [0.717, 1.165) is 18.8 Å². The molecule has 5 rings (SSSR count). The second-order valence-electron chi connectivity index (χ2n) is 9.59. The average molecular weight is 541 g/mol. The summed E-state index contributed by atoms with van der Waals surface area (Å²) >= 11 is 6.11. The van der Waals surface area contributed by atoms with E-state index in [1.54, 1.807) is 30.3 Å². The number of hydrogen-bond donors (Lipinski definition) is 2. The van der Waals surface area contributed by atoms with Crippen LogP contribution in [0.2, 0.25) is 5.02 Å². The molecule has 11 heteroatoms. The van der Waals surface area contributed by atoms with E-state index >= 15 is 0 Å². The van der Waals surface area contributed by atoms with E-state index in [1.807, 2.05) is 26.8 Å². The molecule has 202 valence electrons. The van der Waals surface area contributed by atoms with E-state index in [0.29, 0.717) is 87.4 Å². The van der Waals surface area contributed by atoms with Crippen molar-refractivity contribution in [2.24, 2.45) is 0 Å². The number of benzene rings is 2. The maximum absolute atomic E-state index is 13.2. The summed E-state index contributed by atoms with van der Waals surface area (Å²) in [6, 6.07) is 12.3. The lowest BCUT2D eigenvalue weighted by Gasteiger charge is -2.40. The number of anilines is 2. The topological polar surface area (TPSA) is 97.5 Å². The number of urea groups is 1. The zero-order chi connectivity index (χ0) is 26.5. The lowest BCUT2D eigenvalue weighted by atomic mass is 10.1. The summed E-state index contributed by atoms with van der Waals surface area (Å²) in [4.78, 5) is 47.0. The zero-order valence-electron chi connectivity index (χ0n) is 21.3. The molecule has 0 aromatic heterocycles. The standard InChI is InChI=1S/C27H33ClN6O4/c28-22-3-1-2-20(18-22)25(35)30-23-19-21(26(36)32-8-6-29-7-9-32)4-5-24(23)31-10-12-33(13-11-31)27(37)34-14-16-38-17-15-34/h1-5,18-19,29H,6-17H2,(H,30,35). The molecule has 10 nitrogen and oxygen atoms in total. The second kappa shape index (κ2) is 12.0. The summed E-state index contributed by atoms with van der Waals surface area (Å²) in [7, 11) is 0. The highest BCUT2D eigenvalue weighted by atomic mass is 35.5. The minimum Gasteiger partial charge on any atom is -0.378 e. The van der Waals surface area contributed by atoms with Crippen molar-refractivity contribution in [3.63, 3.8) is 0 Å². The van der Waals surface area contributed by atoms with Crippen LogP contribution in [0.1, 0.15) is 20.7 Å². The van der Waals surface area contributed by atoms with Crippen molar-refractivity contribution in [2.45, 2.75) is 0 Å². The number of nitrogens with zero attached hydrogens (tertiary/aromatic N) is 4. The van der Waals surface area contributed by atoms with E-state index in [4.69, 9.17) is 16.3 Å². The van der Waals surface area contributed by atoms with Crippen LogP contribution in [0.5, 0.6) is 0 Å². The number of carbonyl (C=O) groups excluding carboxylic acids is 3. The van der Waals surface area contributed by atoms with Crippen LogP contribution in [0.15, 0.2) is 42.5 Å². The van der Waals surface area contributed by atoms with E-state index in [-0.39, 0.29) is 17.8 Å². The Bertz CT molecular complexity index is 1170. The number of hydrogen-bond acceptors (Lipinski definition) is 6. The molecule has 0 saturated carbocycles. The smallest absolute Gasteiger partial charge is 0.320 e. The Hall–Kier alpha value is -3.34. The van der Waals surface area contributed by atoms with Crippen LogP contribution in [-0.4, -0.2) is 111 Å². The SMILES string of the molecule is O=C(Nc1cc(C(=O)N2CCNCC2)ccc1N1CCN(C(=O)N2CCOCC2)CC1)c1cccc(Cl)c1. The van der Waals surface area contributed by atoms with E-state index in [1.165, 1.54) is 0 Å². The zero-order valence-corrected chi connectivity index (χ0v) is 22.1.